The lowest BCUT2D eigenvalue weighted by molar-refractivity contribution is 0.527. The molecule has 2 N–H and O–H groups in total. The number of anilines is 1. The van der Waals surface area contributed by atoms with Crippen LogP contribution in [0.5, 0.6) is 0 Å². The minimum absolute atomic E-state index is 0.861. The van der Waals surface area contributed by atoms with Crippen molar-refractivity contribution in [2.75, 3.05) is 5.73 Å². The van der Waals surface area contributed by atoms with Crippen LogP contribution in [0, 0.1) is 6.92 Å². The molecule has 3 nitrogen and oxygen atoms in total. The SMILES string of the molecule is CC.Cc1nc2n(c1N)CCCC2. The van der Waals surface area contributed by atoms with Crippen molar-refractivity contribution in [2.45, 2.75) is 46.6 Å². The molecule has 0 atom stereocenters. The molecule has 1 aromatic heterocycles. The molecule has 0 aromatic carbocycles. The Hall–Kier alpha value is -0.990. The maximum atomic E-state index is 5.82. The van der Waals surface area contributed by atoms with E-state index in [-0.39, 0.29) is 0 Å². The van der Waals surface area contributed by atoms with Crippen molar-refractivity contribution in [3.05, 3.63) is 11.5 Å². The number of imidazole rings is 1. The predicted molar refractivity (Wildman–Crippen MR) is 55.7 cm³/mol. The summed E-state index contributed by atoms with van der Waals surface area (Å²) >= 11 is 0. The van der Waals surface area contributed by atoms with E-state index in [1.165, 1.54) is 18.7 Å². The molecule has 0 unspecified atom stereocenters. The molecule has 1 aliphatic rings. The zero-order chi connectivity index (χ0) is 9.84. The zero-order valence-corrected chi connectivity index (χ0v) is 8.80. The Balaban J connectivity index is 0.000000396. The van der Waals surface area contributed by atoms with E-state index in [0.717, 1.165) is 24.5 Å². The van der Waals surface area contributed by atoms with E-state index in [1.54, 1.807) is 0 Å². The smallest absolute Gasteiger partial charge is 0.126 e. The summed E-state index contributed by atoms with van der Waals surface area (Å²) in [6, 6.07) is 0. The van der Waals surface area contributed by atoms with Gasteiger partial charge < -0.3 is 10.3 Å². The Kier molecular flexibility index (Phi) is 3.34. The van der Waals surface area contributed by atoms with Gasteiger partial charge in [0, 0.05) is 13.0 Å². The fourth-order valence-electron chi connectivity index (χ4n) is 1.64. The summed E-state index contributed by atoms with van der Waals surface area (Å²) < 4.78 is 2.14. The first-order chi connectivity index (χ1) is 6.29. The van der Waals surface area contributed by atoms with E-state index in [4.69, 9.17) is 5.73 Å². The van der Waals surface area contributed by atoms with Crippen molar-refractivity contribution in [3.8, 4) is 0 Å². The molecule has 0 amide bonds. The van der Waals surface area contributed by atoms with Crippen LogP contribution in [-0.4, -0.2) is 9.55 Å². The molecular formula is C10H19N3. The standard InChI is InChI=1S/C8H13N3.C2H6/c1-6-8(9)11-5-3-2-4-7(11)10-6;1-2/h2-5,9H2,1H3;1-2H3. The van der Waals surface area contributed by atoms with Gasteiger partial charge in [-0.15, -0.1) is 0 Å². The molecule has 1 aliphatic heterocycles. The third-order valence-electron chi connectivity index (χ3n) is 2.30. The summed E-state index contributed by atoms with van der Waals surface area (Å²) in [4.78, 5) is 4.39. The average molecular weight is 181 g/mol. The zero-order valence-electron chi connectivity index (χ0n) is 8.80. The molecule has 0 spiro atoms. The number of fused-ring (bicyclic) bond motifs is 1. The molecule has 74 valence electrons. The maximum absolute atomic E-state index is 5.82. The first-order valence-corrected chi connectivity index (χ1v) is 5.10. The topological polar surface area (TPSA) is 43.8 Å². The van der Waals surface area contributed by atoms with Crippen LogP contribution in [0.4, 0.5) is 5.82 Å². The second-order valence-electron chi connectivity index (χ2n) is 3.11. The van der Waals surface area contributed by atoms with E-state index in [0.29, 0.717) is 0 Å². The molecule has 13 heavy (non-hydrogen) atoms. The second kappa shape index (κ2) is 4.30. The highest BCUT2D eigenvalue weighted by molar-refractivity contribution is 5.37. The van der Waals surface area contributed by atoms with E-state index in [2.05, 4.69) is 9.55 Å². The molecule has 2 rings (SSSR count). The number of aromatic nitrogens is 2. The molecule has 0 saturated carbocycles. The van der Waals surface area contributed by atoms with E-state index in [1.807, 2.05) is 20.8 Å². The third kappa shape index (κ3) is 1.85. The van der Waals surface area contributed by atoms with Gasteiger partial charge in [-0.3, -0.25) is 0 Å². The van der Waals surface area contributed by atoms with Crippen molar-refractivity contribution in [3.63, 3.8) is 0 Å². The van der Waals surface area contributed by atoms with Gasteiger partial charge in [0.25, 0.3) is 0 Å². The minimum Gasteiger partial charge on any atom is -0.384 e. The summed E-state index contributed by atoms with van der Waals surface area (Å²) in [6.07, 6.45) is 3.60. The van der Waals surface area contributed by atoms with Crippen LogP contribution in [0.15, 0.2) is 0 Å². The van der Waals surface area contributed by atoms with E-state index >= 15 is 0 Å². The van der Waals surface area contributed by atoms with Crippen LogP contribution in [0.2, 0.25) is 0 Å². The summed E-state index contributed by atoms with van der Waals surface area (Å²) in [5.41, 5.74) is 6.81. The Morgan fingerprint density at radius 2 is 2.00 bits per heavy atom. The van der Waals surface area contributed by atoms with Crippen LogP contribution in [0.3, 0.4) is 0 Å². The predicted octanol–water partition coefficient (Wildman–Crippen LogP) is 2.14. The highest BCUT2D eigenvalue weighted by Gasteiger charge is 2.14. The van der Waals surface area contributed by atoms with Crippen LogP contribution < -0.4 is 5.73 Å². The number of rotatable bonds is 0. The van der Waals surface area contributed by atoms with Gasteiger partial charge in [0.2, 0.25) is 0 Å². The lowest BCUT2D eigenvalue weighted by atomic mass is 10.2. The molecule has 3 heteroatoms. The normalized spacial score (nSPS) is 14.4. The summed E-state index contributed by atoms with van der Waals surface area (Å²) in [7, 11) is 0. The highest BCUT2D eigenvalue weighted by Crippen LogP contribution is 2.20. The van der Waals surface area contributed by atoms with Crippen molar-refractivity contribution in [2.24, 2.45) is 0 Å². The van der Waals surface area contributed by atoms with E-state index in [9.17, 15) is 0 Å². The van der Waals surface area contributed by atoms with Gasteiger partial charge in [0.05, 0.1) is 5.69 Å². The van der Waals surface area contributed by atoms with Gasteiger partial charge in [-0.05, 0) is 19.8 Å². The van der Waals surface area contributed by atoms with Gasteiger partial charge in [-0.25, -0.2) is 4.98 Å². The molecule has 1 aromatic rings. The first kappa shape index (κ1) is 10.1. The highest BCUT2D eigenvalue weighted by atomic mass is 15.1. The quantitative estimate of drug-likeness (QED) is 0.666. The molecule has 0 aliphatic carbocycles. The number of aryl methyl sites for hydroxylation is 2. The summed E-state index contributed by atoms with van der Waals surface area (Å²) in [5.74, 6) is 2.03. The monoisotopic (exact) mass is 181 g/mol. The minimum atomic E-state index is 0.861. The van der Waals surface area contributed by atoms with Crippen LogP contribution >= 0.6 is 0 Å². The number of nitrogens with zero attached hydrogens (tertiary/aromatic N) is 2. The van der Waals surface area contributed by atoms with Crippen molar-refractivity contribution in [1.29, 1.82) is 0 Å². The number of nitrogens with two attached hydrogens (primary N) is 1. The Morgan fingerprint density at radius 1 is 1.31 bits per heavy atom. The van der Waals surface area contributed by atoms with Crippen molar-refractivity contribution in [1.82, 2.24) is 9.55 Å². The molecule has 0 bridgehead atoms. The molecule has 0 radical (unpaired) electrons. The fraction of sp³-hybridized carbons (Fsp3) is 0.700. The Bertz CT molecular complexity index is 276. The Labute approximate surface area is 80.0 Å². The van der Waals surface area contributed by atoms with Crippen LogP contribution in [0.25, 0.3) is 0 Å². The Morgan fingerprint density at radius 3 is 2.62 bits per heavy atom. The molecule has 2 heterocycles. The largest absolute Gasteiger partial charge is 0.384 e. The number of hydrogen-bond acceptors (Lipinski definition) is 2. The van der Waals surface area contributed by atoms with Gasteiger partial charge >= 0.3 is 0 Å². The molecular weight excluding hydrogens is 162 g/mol. The molecule has 0 fully saturated rings. The fourth-order valence-corrected chi connectivity index (χ4v) is 1.64. The second-order valence-corrected chi connectivity index (χ2v) is 3.11. The summed E-state index contributed by atoms with van der Waals surface area (Å²) in [6.45, 7) is 7.03. The van der Waals surface area contributed by atoms with E-state index < -0.39 is 0 Å². The lowest BCUT2D eigenvalue weighted by Gasteiger charge is -2.13. The lowest BCUT2D eigenvalue weighted by Crippen LogP contribution is -2.12. The van der Waals surface area contributed by atoms with Crippen LogP contribution in [0.1, 0.15) is 38.2 Å². The van der Waals surface area contributed by atoms with Crippen LogP contribution in [-0.2, 0) is 13.0 Å². The van der Waals surface area contributed by atoms with Gasteiger partial charge in [-0.1, -0.05) is 13.8 Å². The first-order valence-electron chi connectivity index (χ1n) is 5.10. The average Bonchev–Trinajstić information content (AvgIpc) is 2.47. The number of hydrogen-bond donors (Lipinski definition) is 1. The van der Waals surface area contributed by atoms with Crippen molar-refractivity contribution < 1.29 is 0 Å². The maximum Gasteiger partial charge on any atom is 0.126 e. The molecule has 0 saturated heterocycles. The van der Waals surface area contributed by atoms with Gasteiger partial charge in [0.15, 0.2) is 0 Å². The van der Waals surface area contributed by atoms with Crippen molar-refractivity contribution >= 4 is 5.82 Å². The summed E-state index contributed by atoms with van der Waals surface area (Å²) in [5, 5.41) is 0. The van der Waals surface area contributed by atoms with Gasteiger partial charge in [0.1, 0.15) is 11.6 Å². The third-order valence-corrected chi connectivity index (χ3v) is 2.30. The van der Waals surface area contributed by atoms with Gasteiger partial charge in [-0.2, -0.15) is 0 Å². The number of nitrogen functional groups attached to an aromatic ring is 1.